The topological polar surface area (TPSA) is 90.9 Å². The van der Waals surface area contributed by atoms with Crippen LogP contribution in [0.4, 0.5) is 0 Å². The summed E-state index contributed by atoms with van der Waals surface area (Å²) in [5.74, 6) is 0.793. The second-order valence-corrected chi connectivity index (χ2v) is 9.61. The first-order chi connectivity index (χ1) is 11.1. The number of guanidine groups is 1. The van der Waals surface area contributed by atoms with Gasteiger partial charge in [0, 0.05) is 32.1 Å². The van der Waals surface area contributed by atoms with Crippen molar-refractivity contribution in [2.24, 2.45) is 4.99 Å². The van der Waals surface area contributed by atoms with Crippen LogP contribution < -0.4 is 10.6 Å². The number of hydrogen-bond acceptors (Lipinski definition) is 4. The molecule has 0 aromatic carbocycles. The van der Waals surface area contributed by atoms with E-state index >= 15 is 0 Å². The van der Waals surface area contributed by atoms with Gasteiger partial charge in [-0.05, 0) is 34.1 Å². The fourth-order valence-electron chi connectivity index (χ4n) is 2.46. The molecule has 1 aliphatic heterocycles. The van der Waals surface area contributed by atoms with Gasteiger partial charge in [-0.25, -0.2) is 8.42 Å². The van der Waals surface area contributed by atoms with E-state index in [-0.39, 0.29) is 17.7 Å². The maximum Gasteiger partial charge on any atom is 0.222 e. The summed E-state index contributed by atoms with van der Waals surface area (Å²) >= 11 is 0. The Hall–Kier alpha value is -1.31. The zero-order valence-electron chi connectivity index (χ0n) is 15.6. The van der Waals surface area contributed by atoms with Crippen molar-refractivity contribution in [1.29, 1.82) is 0 Å². The average molecular weight is 361 g/mol. The highest BCUT2D eigenvalue weighted by Crippen LogP contribution is 2.23. The molecule has 1 fully saturated rings. The van der Waals surface area contributed by atoms with E-state index in [0.717, 1.165) is 6.42 Å². The van der Waals surface area contributed by atoms with E-state index in [9.17, 15) is 13.2 Å². The molecule has 0 spiro atoms. The van der Waals surface area contributed by atoms with Crippen LogP contribution in [0.5, 0.6) is 0 Å². The minimum atomic E-state index is -3.08. The van der Waals surface area contributed by atoms with E-state index in [4.69, 9.17) is 0 Å². The Bertz CT molecular complexity index is 558. The summed E-state index contributed by atoms with van der Waals surface area (Å²) in [6, 6.07) is 0.169. The molecular weight excluding hydrogens is 328 g/mol. The van der Waals surface area contributed by atoms with Gasteiger partial charge in [0.15, 0.2) is 15.8 Å². The number of nitrogens with zero attached hydrogens (tertiary/aromatic N) is 2. The van der Waals surface area contributed by atoms with E-state index in [1.807, 2.05) is 25.7 Å². The summed E-state index contributed by atoms with van der Waals surface area (Å²) < 4.78 is 23.5. The number of carbonyl (C=O) groups excluding carboxylic acids is 1. The van der Waals surface area contributed by atoms with Crippen LogP contribution in [-0.4, -0.2) is 67.9 Å². The number of carbonyl (C=O) groups is 1. The Morgan fingerprint density at radius 2 is 2.00 bits per heavy atom. The molecule has 140 valence electrons. The molecule has 1 saturated heterocycles. The van der Waals surface area contributed by atoms with Crippen molar-refractivity contribution in [3.05, 3.63) is 0 Å². The van der Waals surface area contributed by atoms with Crippen LogP contribution in [0.2, 0.25) is 0 Å². The molecule has 0 radical (unpaired) electrons. The number of sulfone groups is 1. The fourth-order valence-corrected chi connectivity index (χ4v) is 3.83. The minimum Gasteiger partial charge on any atom is -0.357 e. The van der Waals surface area contributed by atoms with Crippen LogP contribution in [0.3, 0.4) is 0 Å². The van der Waals surface area contributed by atoms with Crippen LogP contribution in [0.15, 0.2) is 4.99 Å². The smallest absolute Gasteiger partial charge is 0.222 e. The predicted molar refractivity (Wildman–Crippen MR) is 97.9 cm³/mol. The fraction of sp³-hybridized carbons (Fsp3) is 0.875. The van der Waals surface area contributed by atoms with Crippen molar-refractivity contribution < 1.29 is 13.2 Å². The molecule has 0 bridgehead atoms. The third kappa shape index (κ3) is 5.65. The Balaban J connectivity index is 2.68. The van der Waals surface area contributed by atoms with Gasteiger partial charge in [-0.2, -0.15) is 0 Å². The second kappa shape index (κ2) is 8.69. The Kier molecular flexibility index (Phi) is 7.51. The third-order valence-electron chi connectivity index (χ3n) is 4.30. The second-order valence-electron chi connectivity index (χ2n) is 6.86. The van der Waals surface area contributed by atoms with E-state index in [0.29, 0.717) is 38.6 Å². The molecule has 1 aliphatic rings. The number of nitrogens with one attached hydrogen (secondary N) is 2. The molecule has 1 atom stereocenters. The summed E-state index contributed by atoms with van der Waals surface area (Å²) in [6.45, 7) is 11.4. The summed E-state index contributed by atoms with van der Waals surface area (Å²) in [6.07, 6.45) is 1.23. The van der Waals surface area contributed by atoms with Gasteiger partial charge in [-0.1, -0.05) is 6.92 Å². The molecule has 0 aromatic rings. The molecule has 1 rings (SSSR count). The lowest BCUT2D eigenvalue weighted by atomic mass is 10.2. The SMILES string of the molecule is CCNC(=NCCC(=O)NC(C)CC)N1CCS(=O)(=O)C(C)(C)C1. The Morgan fingerprint density at radius 3 is 2.54 bits per heavy atom. The number of aliphatic imine (C=N–C) groups is 1. The van der Waals surface area contributed by atoms with Crippen molar-refractivity contribution in [3.8, 4) is 0 Å². The zero-order valence-corrected chi connectivity index (χ0v) is 16.4. The van der Waals surface area contributed by atoms with Gasteiger partial charge >= 0.3 is 0 Å². The highest BCUT2D eigenvalue weighted by atomic mass is 32.2. The van der Waals surface area contributed by atoms with Gasteiger partial charge in [-0.15, -0.1) is 0 Å². The van der Waals surface area contributed by atoms with E-state index in [1.165, 1.54) is 0 Å². The van der Waals surface area contributed by atoms with Crippen molar-refractivity contribution in [2.45, 2.75) is 58.2 Å². The molecule has 0 aromatic heterocycles. The summed E-state index contributed by atoms with van der Waals surface area (Å²) in [4.78, 5) is 18.3. The maximum absolute atomic E-state index is 12.1. The van der Waals surface area contributed by atoms with Crippen molar-refractivity contribution in [1.82, 2.24) is 15.5 Å². The average Bonchev–Trinajstić information content (AvgIpc) is 2.49. The Morgan fingerprint density at radius 1 is 1.33 bits per heavy atom. The van der Waals surface area contributed by atoms with Crippen LogP contribution >= 0.6 is 0 Å². The van der Waals surface area contributed by atoms with Crippen molar-refractivity contribution in [2.75, 3.05) is 31.9 Å². The lowest BCUT2D eigenvalue weighted by Gasteiger charge is -2.39. The Labute approximate surface area is 146 Å². The predicted octanol–water partition coefficient (Wildman–Crippen LogP) is 0.766. The molecule has 0 aliphatic carbocycles. The van der Waals surface area contributed by atoms with Gasteiger partial charge < -0.3 is 15.5 Å². The molecule has 24 heavy (non-hydrogen) atoms. The highest BCUT2D eigenvalue weighted by molar-refractivity contribution is 7.92. The molecule has 8 heteroatoms. The summed E-state index contributed by atoms with van der Waals surface area (Å²) in [5.41, 5.74) is 0. The lowest BCUT2D eigenvalue weighted by Crippen LogP contribution is -2.57. The van der Waals surface area contributed by atoms with Crippen LogP contribution in [0.25, 0.3) is 0 Å². The molecule has 0 saturated carbocycles. The molecule has 1 heterocycles. The first kappa shape index (κ1) is 20.7. The van der Waals surface area contributed by atoms with Crippen LogP contribution in [0, 0.1) is 0 Å². The molecule has 7 nitrogen and oxygen atoms in total. The van der Waals surface area contributed by atoms with E-state index < -0.39 is 14.6 Å². The molecular formula is C16H32N4O3S. The van der Waals surface area contributed by atoms with E-state index in [2.05, 4.69) is 15.6 Å². The van der Waals surface area contributed by atoms with Gasteiger partial charge in [0.2, 0.25) is 5.91 Å². The first-order valence-corrected chi connectivity index (χ1v) is 10.3. The number of amides is 1. The van der Waals surface area contributed by atoms with Gasteiger partial charge in [-0.3, -0.25) is 9.79 Å². The third-order valence-corrected chi connectivity index (χ3v) is 6.83. The lowest BCUT2D eigenvalue weighted by molar-refractivity contribution is -0.121. The first-order valence-electron chi connectivity index (χ1n) is 8.68. The van der Waals surface area contributed by atoms with Crippen molar-refractivity contribution >= 4 is 21.7 Å². The summed E-state index contributed by atoms with van der Waals surface area (Å²) in [7, 11) is -3.08. The molecule has 2 N–H and O–H groups in total. The quantitative estimate of drug-likeness (QED) is 0.539. The van der Waals surface area contributed by atoms with E-state index in [1.54, 1.807) is 13.8 Å². The van der Waals surface area contributed by atoms with Gasteiger partial charge in [0.05, 0.1) is 17.0 Å². The van der Waals surface area contributed by atoms with Gasteiger partial charge in [0.1, 0.15) is 0 Å². The minimum absolute atomic E-state index is 0.00880. The zero-order chi connectivity index (χ0) is 18.4. The standard InChI is InChI=1S/C16H32N4O3S/c1-6-13(3)19-14(21)8-9-18-15(17-7-2)20-10-11-24(22,23)16(4,5)12-20/h13H,6-12H2,1-5H3,(H,17,18)(H,19,21). The number of rotatable bonds is 6. The largest absolute Gasteiger partial charge is 0.357 e. The monoisotopic (exact) mass is 360 g/mol. The normalized spacial score (nSPS) is 21.2. The van der Waals surface area contributed by atoms with Gasteiger partial charge in [0.25, 0.3) is 0 Å². The van der Waals surface area contributed by atoms with Crippen LogP contribution in [0.1, 0.15) is 47.5 Å². The molecule has 1 amide bonds. The highest BCUT2D eigenvalue weighted by Gasteiger charge is 2.40. The molecule has 1 unspecified atom stereocenters. The maximum atomic E-state index is 12.1. The van der Waals surface area contributed by atoms with Crippen LogP contribution in [-0.2, 0) is 14.6 Å². The summed E-state index contributed by atoms with van der Waals surface area (Å²) in [5, 5.41) is 6.11. The number of hydrogen-bond donors (Lipinski definition) is 2. The van der Waals surface area contributed by atoms with Crippen molar-refractivity contribution in [3.63, 3.8) is 0 Å².